The number of phenols is 2. The van der Waals surface area contributed by atoms with E-state index in [0.29, 0.717) is 30.4 Å². The number of fused-ring (bicyclic) bond motifs is 2. The van der Waals surface area contributed by atoms with Crippen molar-refractivity contribution in [3.8, 4) is 11.5 Å². The minimum Gasteiger partial charge on any atom is -0.508 e. The third-order valence-electron chi connectivity index (χ3n) is 8.69. The summed E-state index contributed by atoms with van der Waals surface area (Å²) in [6.07, 6.45) is 16.2. The van der Waals surface area contributed by atoms with E-state index in [1.54, 1.807) is 44.2 Å². The Morgan fingerprint density at radius 1 is 1.07 bits per heavy atom. The summed E-state index contributed by atoms with van der Waals surface area (Å²) in [6, 6.07) is 1.89. The summed E-state index contributed by atoms with van der Waals surface area (Å²) in [7, 11) is 1.49. The van der Waals surface area contributed by atoms with Gasteiger partial charge in [-0.3, -0.25) is 9.59 Å². The monoisotopic (exact) mass is 638 g/mol. The Balaban J connectivity index is 1.82. The number of methoxy groups -OCH3 is 1. The maximum Gasteiger partial charge on any atom is 0.328 e. The number of esters is 1. The van der Waals surface area contributed by atoms with E-state index in [-0.39, 0.29) is 35.4 Å². The van der Waals surface area contributed by atoms with Crippen molar-refractivity contribution in [1.29, 1.82) is 0 Å². The van der Waals surface area contributed by atoms with Crippen LogP contribution in [0.1, 0.15) is 77.7 Å². The first-order valence-electron chi connectivity index (χ1n) is 16.2. The maximum absolute atomic E-state index is 13.1. The molecule has 46 heavy (non-hydrogen) atoms. The van der Waals surface area contributed by atoms with E-state index in [1.165, 1.54) is 19.2 Å². The third-order valence-corrected chi connectivity index (χ3v) is 8.69. The van der Waals surface area contributed by atoms with Crippen LogP contribution in [0, 0.1) is 11.8 Å². The second-order valence-corrected chi connectivity index (χ2v) is 12.3. The Labute approximate surface area is 272 Å². The quantitative estimate of drug-likeness (QED) is 0.125. The van der Waals surface area contributed by atoms with Crippen LogP contribution in [-0.2, 0) is 30.3 Å². The molecule has 1 aliphatic carbocycles. The van der Waals surface area contributed by atoms with Crippen molar-refractivity contribution in [3.63, 3.8) is 0 Å². The maximum atomic E-state index is 13.1. The summed E-state index contributed by atoms with van der Waals surface area (Å²) in [5.41, 5.74) is 1.19. The second kappa shape index (κ2) is 18.3. The van der Waals surface area contributed by atoms with Crippen LogP contribution in [0.4, 0.5) is 5.69 Å². The molecule has 1 saturated carbocycles. The Kier molecular flexibility index (Phi) is 14.6. The van der Waals surface area contributed by atoms with E-state index < -0.39 is 42.1 Å². The zero-order valence-electron chi connectivity index (χ0n) is 27.4. The number of rotatable bonds is 5. The molecule has 1 aromatic carbocycles. The van der Waals surface area contributed by atoms with Gasteiger partial charge in [0.2, 0.25) is 11.8 Å². The number of phenolic OH excluding ortho intramolecular Hbond substituents is 2. The molecule has 2 bridgehead atoms. The molecule has 2 aliphatic rings. The van der Waals surface area contributed by atoms with Crippen molar-refractivity contribution < 1.29 is 39.2 Å². The Bertz CT molecular complexity index is 1310. The van der Waals surface area contributed by atoms with Crippen LogP contribution < -0.4 is 10.6 Å². The third kappa shape index (κ3) is 11.2. The first-order valence-corrected chi connectivity index (χ1v) is 16.2. The van der Waals surface area contributed by atoms with Crippen molar-refractivity contribution in [2.24, 2.45) is 11.8 Å². The number of allylic oxidation sites excluding steroid dienone is 5. The SMILES string of the molecule is COC1\C=C/C=C\C=C/CC(OC(=O)[C@@H](C)NC(=O)C2CCCCC2)C(C)C(O)/C(C)=C\CCc2cc(O)cc(c2O)NC(=O)C1. The fourth-order valence-corrected chi connectivity index (χ4v) is 5.76. The number of hydrogen-bond acceptors (Lipinski definition) is 8. The highest BCUT2D eigenvalue weighted by molar-refractivity contribution is 5.93. The van der Waals surface area contributed by atoms with Crippen LogP contribution in [0.15, 0.2) is 60.2 Å². The highest BCUT2D eigenvalue weighted by atomic mass is 16.5. The molecule has 1 aliphatic heterocycles. The van der Waals surface area contributed by atoms with E-state index in [4.69, 9.17) is 9.47 Å². The zero-order valence-corrected chi connectivity index (χ0v) is 27.4. The molecule has 0 saturated heterocycles. The summed E-state index contributed by atoms with van der Waals surface area (Å²) >= 11 is 0. The van der Waals surface area contributed by atoms with Gasteiger partial charge in [0.05, 0.1) is 24.3 Å². The number of benzene rings is 1. The molecule has 5 atom stereocenters. The van der Waals surface area contributed by atoms with E-state index >= 15 is 0 Å². The Hall–Kier alpha value is -3.89. The normalized spacial score (nSPS) is 27.8. The molecule has 252 valence electrons. The molecule has 10 nitrogen and oxygen atoms in total. The van der Waals surface area contributed by atoms with Gasteiger partial charge >= 0.3 is 5.97 Å². The van der Waals surface area contributed by atoms with E-state index in [0.717, 1.165) is 32.1 Å². The van der Waals surface area contributed by atoms with Gasteiger partial charge in [0.15, 0.2) is 0 Å². The molecule has 2 amide bonds. The first kappa shape index (κ1) is 36.6. The van der Waals surface area contributed by atoms with Crippen molar-refractivity contribution in [2.45, 2.75) is 103 Å². The van der Waals surface area contributed by atoms with Crippen molar-refractivity contribution in [3.05, 3.63) is 65.8 Å². The average Bonchev–Trinajstić information content (AvgIpc) is 3.04. The lowest BCUT2D eigenvalue weighted by Crippen LogP contribution is -2.45. The van der Waals surface area contributed by atoms with Gasteiger partial charge in [-0.05, 0) is 56.7 Å². The van der Waals surface area contributed by atoms with Crippen molar-refractivity contribution in [1.82, 2.24) is 5.32 Å². The molecule has 4 unspecified atom stereocenters. The molecule has 1 aromatic rings. The van der Waals surface area contributed by atoms with E-state index in [2.05, 4.69) is 10.6 Å². The molecule has 3 rings (SSSR count). The van der Waals surface area contributed by atoms with Gasteiger partial charge in [0, 0.05) is 31.4 Å². The summed E-state index contributed by atoms with van der Waals surface area (Å²) in [5.74, 6) is -1.90. The Morgan fingerprint density at radius 3 is 2.50 bits per heavy atom. The predicted octanol–water partition coefficient (Wildman–Crippen LogP) is 5.39. The molecule has 5 N–H and O–H groups in total. The van der Waals surface area contributed by atoms with Gasteiger partial charge in [0.1, 0.15) is 23.6 Å². The Morgan fingerprint density at radius 2 is 1.78 bits per heavy atom. The van der Waals surface area contributed by atoms with E-state index in [1.807, 2.05) is 19.1 Å². The van der Waals surface area contributed by atoms with Crippen molar-refractivity contribution in [2.75, 3.05) is 12.4 Å². The lowest BCUT2D eigenvalue weighted by Gasteiger charge is -2.29. The molecule has 0 radical (unpaired) electrons. The number of aliphatic hydroxyl groups excluding tert-OH is 1. The highest BCUT2D eigenvalue weighted by Crippen LogP contribution is 2.34. The molecule has 1 fully saturated rings. The number of nitrogens with one attached hydrogen (secondary N) is 2. The van der Waals surface area contributed by atoms with Crippen LogP contribution >= 0.6 is 0 Å². The number of aliphatic hydroxyl groups is 1. The number of aromatic hydroxyl groups is 2. The van der Waals surface area contributed by atoms with Gasteiger partial charge < -0.3 is 35.4 Å². The van der Waals surface area contributed by atoms with Crippen LogP contribution in [0.5, 0.6) is 11.5 Å². The lowest BCUT2D eigenvalue weighted by molar-refractivity contribution is -0.156. The summed E-state index contributed by atoms with van der Waals surface area (Å²) in [4.78, 5) is 38.6. The van der Waals surface area contributed by atoms with E-state index in [9.17, 15) is 29.7 Å². The minimum atomic E-state index is -0.940. The van der Waals surface area contributed by atoms with Crippen LogP contribution in [-0.4, -0.2) is 64.6 Å². The second-order valence-electron chi connectivity index (χ2n) is 12.3. The number of hydrogen-bond donors (Lipinski definition) is 5. The first-order chi connectivity index (χ1) is 22.0. The zero-order chi connectivity index (χ0) is 33.6. The standard InChI is InChI=1S/C36H50N2O8/c1-23-14-13-17-27-20-28(39)21-30(34(27)42)38-32(40)22-29(45-4)18-11-6-5-7-12-19-31(24(2)33(23)41)46-36(44)25(3)37-35(43)26-15-9-8-10-16-26/h5-7,11-12,14,18,20-21,24-26,29,31,33,39,41-42H,8-10,13,15-17,19,22H2,1-4H3,(H,37,43)(H,38,40)/b6-5-,12-7-,18-11-,23-14-/t24?,25-,29?,31?,33?/m1/s1. The summed E-state index contributed by atoms with van der Waals surface area (Å²) in [5, 5.41) is 37.8. The van der Waals surface area contributed by atoms with Gasteiger partial charge in [-0.15, -0.1) is 0 Å². The molecule has 0 aromatic heterocycles. The van der Waals surface area contributed by atoms with Crippen LogP contribution in [0.25, 0.3) is 0 Å². The largest absolute Gasteiger partial charge is 0.508 e. The minimum absolute atomic E-state index is 0.00853. The molecule has 1 heterocycles. The lowest BCUT2D eigenvalue weighted by atomic mass is 9.88. The van der Waals surface area contributed by atoms with Gasteiger partial charge in [-0.1, -0.05) is 68.7 Å². The topological polar surface area (TPSA) is 154 Å². The summed E-state index contributed by atoms with van der Waals surface area (Å²) in [6.45, 7) is 5.22. The number of carbonyl (C=O) groups excluding carboxylic acids is 3. The van der Waals surface area contributed by atoms with Crippen LogP contribution in [0.3, 0.4) is 0 Å². The number of aryl methyl sites for hydroxylation is 1. The fourth-order valence-electron chi connectivity index (χ4n) is 5.76. The number of ether oxygens (including phenoxy) is 2. The molecular formula is C36H50N2O8. The predicted molar refractivity (Wildman–Crippen MR) is 177 cm³/mol. The molecule has 0 spiro atoms. The van der Waals surface area contributed by atoms with Crippen LogP contribution in [0.2, 0.25) is 0 Å². The summed E-state index contributed by atoms with van der Waals surface area (Å²) < 4.78 is 11.3. The number of amides is 2. The van der Waals surface area contributed by atoms with Gasteiger partial charge in [0.25, 0.3) is 0 Å². The molecule has 10 heteroatoms. The number of carbonyl (C=O) groups is 3. The fraction of sp³-hybridized carbons (Fsp3) is 0.528. The smallest absolute Gasteiger partial charge is 0.328 e. The van der Waals surface area contributed by atoms with Gasteiger partial charge in [-0.2, -0.15) is 0 Å². The average molecular weight is 639 g/mol. The molecular weight excluding hydrogens is 588 g/mol. The van der Waals surface area contributed by atoms with Crippen molar-refractivity contribution >= 4 is 23.5 Å². The number of anilines is 1. The van der Waals surface area contributed by atoms with Gasteiger partial charge in [-0.25, -0.2) is 4.79 Å². The highest BCUT2D eigenvalue weighted by Gasteiger charge is 2.31.